The summed E-state index contributed by atoms with van der Waals surface area (Å²) in [7, 11) is 0. The van der Waals surface area contributed by atoms with E-state index in [0.29, 0.717) is 36.5 Å². The number of halogens is 4. The Bertz CT molecular complexity index is 1600. The number of anilines is 1. The highest BCUT2D eigenvalue weighted by atomic mass is 35.5. The molecule has 0 radical (unpaired) electrons. The Morgan fingerprint density at radius 2 is 1.72 bits per heavy atom. The average Bonchev–Trinajstić information content (AvgIpc) is 3.03. The summed E-state index contributed by atoms with van der Waals surface area (Å²) in [5.41, 5.74) is 7.53. The summed E-state index contributed by atoms with van der Waals surface area (Å²) in [6.45, 7) is 2.32. The standard InChI is InChI=1S/C34H36ClF3N4O4/c1-21-17-26(12-13-27(21)35)40-32(45)28(11-4-5-16-39)41-33(46)29-19-22-7-2-3-8-24(22)20-42(29)31(44)15-14-30(43)23-9-6-10-25(18-23)34(36,37)38/h2-3,6-10,12-13,17-18,28-29H,4-5,11,14-16,19-20,39H2,1H3,(H,40,45)(H,41,46)/t28-,29-/m0/s1. The first-order valence-corrected chi connectivity index (χ1v) is 15.4. The van der Waals surface area contributed by atoms with E-state index in [1.54, 1.807) is 25.1 Å². The van der Waals surface area contributed by atoms with E-state index in [2.05, 4.69) is 10.6 Å². The summed E-state index contributed by atoms with van der Waals surface area (Å²) in [5.74, 6) is -2.09. The van der Waals surface area contributed by atoms with Crippen molar-refractivity contribution in [3.63, 3.8) is 0 Å². The second-order valence-corrected chi connectivity index (χ2v) is 11.7. The molecule has 3 amide bonds. The number of carbonyl (C=O) groups is 4. The zero-order chi connectivity index (χ0) is 33.4. The molecular weight excluding hydrogens is 621 g/mol. The average molecular weight is 657 g/mol. The van der Waals surface area contributed by atoms with Crippen LogP contribution in [0.25, 0.3) is 0 Å². The number of fused-ring (bicyclic) bond motifs is 1. The van der Waals surface area contributed by atoms with Crippen molar-refractivity contribution in [2.75, 3.05) is 11.9 Å². The van der Waals surface area contributed by atoms with Gasteiger partial charge in [-0.15, -0.1) is 0 Å². The normalized spacial score (nSPS) is 15.1. The molecule has 8 nitrogen and oxygen atoms in total. The third-order valence-corrected chi connectivity index (χ3v) is 8.38. The summed E-state index contributed by atoms with van der Waals surface area (Å²) in [4.78, 5) is 54.8. The zero-order valence-corrected chi connectivity index (χ0v) is 26.1. The number of ketones is 1. The van der Waals surface area contributed by atoms with E-state index < -0.39 is 47.3 Å². The van der Waals surface area contributed by atoms with Crippen LogP contribution >= 0.6 is 11.6 Å². The van der Waals surface area contributed by atoms with Crippen LogP contribution in [0, 0.1) is 6.92 Å². The zero-order valence-electron chi connectivity index (χ0n) is 25.3. The van der Waals surface area contributed by atoms with Gasteiger partial charge in [-0.05, 0) is 79.8 Å². The Hall–Kier alpha value is -4.22. The smallest absolute Gasteiger partial charge is 0.342 e. The molecule has 46 heavy (non-hydrogen) atoms. The molecule has 12 heteroatoms. The summed E-state index contributed by atoms with van der Waals surface area (Å²) in [6, 6.07) is 14.5. The number of nitrogens with zero attached hydrogens (tertiary/aromatic N) is 1. The maximum absolute atomic E-state index is 13.8. The fraction of sp³-hybridized carbons (Fsp3) is 0.353. The van der Waals surface area contributed by atoms with Gasteiger partial charge in [-0.1, -0.05) is 48.0 Å². The number of hydrogen-bond donors (Lipinski definition) is 3. The molecule has 0 saturated carbocycles. The van der Waals surface area contributed by atoms with Gasteiger partial charge in [0.2, 0.25) is 17.7 Å². The third-order valence-electron chi connectivity index (χ3n) is 7.95. The van der Waals surface area contributed by atoms with E-state index in [4.69, 9.17) is 17.3 Å². The van der Waals surface area contributed by atoms with Crippen molar-refractivity contribution >= 4 is 40.8 Å². The minimum atomic E-state index is -4.61. The molecule has 0 saturated heterocycles. The molecule has 3 aromatic rings. The molecule has 0 bridgehead atoms. The van der Waals surface area contributed by atoms with Gasteiger partial charge in [0.15, 0.2) is 5.78 Å². The van der Waals surface area contributed by atoms with E-state index >= 15 is 0 Å². The lowest BCUT2D eigenvalue weighted by Crippen LogP contribution is -2.56. The second-order valence-electron chi connectivity index (χ2n) is 11.3. The summed E-state index contributed by atoms with van der Waals surface area (Å²) in [6.07, 6.45) is -3.55. The minimum absolute atomic E-state index is 0.0962. The largest absolute Gasteiger partial charge is 0.416 e. The second kappa shape index (κ2) is 15.4. The van der Waals surface area contributed by atoms with Gasteiger partial charge >= 0.3 is 6.18 Å². The fourth-order valence-electron chi connectivity index (χ4n) is 5.38. The molecule has 3 aromatic carbocycles. The predicted molar refractivity (Wildman–Crippen MR) is 169 cm³/mol. The Morgan fingerprint density at radius 3 is 2.41 bits per heavy atom. The number of amides is 3. The van der Waals surface area contributed by atoms with Crippen molar-refractivity contribution in [2.24, 2.45) is 5.73 Å². The van der Waals surface area contributed by atoms with Gasteiger partial charge in [-0.3, -0.25) is 19.2 Å². The SMILES string of the molecule is Cc1cc(NC(=O)[C@H](CCCCN)NC(=O)[C@@H]2Cc3ccccc3CN2C(=O)CCC(=O)c2cccc(C(F)(F)F)c2)ccc1Cl. The Balaban J connectivity index is 1.50. The summed E-state index contributed by atoms with van der Waals surface area (Å²) in [5, 5.41) is 6.20. The lowest BCUT2D eigenvalue weighted by atomic mass is 9.92. The molecule has 0 unspecified atom stereocenters. The van der Waals surface area contributed by atoms with Crippen molar-refractivity contribution in [3.05, 3.63) is 99.6 Å². The molecular formula is C34H36ClF3N4O4. The number of alkyl halides is 3. The summed E-state index contributed by atoms with van der Waals surface area (Å²) < 4.78 is 39.4. The molecule has 2 atom stereocenters. The Morgan fingerprint density at radius 1 is 0.978 bits per heavy atom. The quantitative estimate of drug-likeness (QED) is 0.167. The predicted octanol–water partition coefficient (Wildman–Crippen LogP) is 5.84. The monoisotopic (exact) mass is 656 g/mol. The molecule has 0 spiro atoms. The first-order valence-electron chi connectivity index (χ1n) is 15.0. The third kappa shape index (κ3) is 8.95. The number of benzene rings is 3. The van der Waals surface area contributed by atoms with Crippen molar-refractivity contribution in [1.82, 2.24) is 10.2 Å². The number of Topliss-reactive ketones (excluding diaryl/α,β-unsaturated/α-hetero) is 1. The topological polar surface area (TPSA) is 122 Å². The maximum atomic E-state index is 13.8. The van der Waals surface area contributed by atoms with Crippen molar-refractivity contribution in [2.45, 2.75) is 70.3 Å². The van der Waals surface area contributed by atoms with Gasteiger partial charge in [-0.2, -0.15) is 13.2 Å². The Kier molecular flexibility index (Phi) is 11.6. The van der Waals surface area contributed by atoms with Gasteiger partial charge in [-0.25, -0.2) is 0 Å². The van der Waals surface area contributed by atoms with E-state index in [-0.39, 0.29) is 31.4 Å². The molecule has 1 heterocycles. The van der Waals surface area contributed by atoms with Crippen LogP contribution in [0.2, 0.25) is 5.02 Å². The van der Waals surface area contributed by atoms with Crippen LogP contribution < -0.4 is 16.4 Å². The number of carbonyl (C=O) groups excluding carboxylic acids is 4. The number of aryl methyl sites for hydroxylation is 1. The van der Waals surface area contributed by atoms with Gasteiger partial charge in [0.25, 0.3) is 0 Å². The number of rotatable bonds is 12. The van der Waals surface area contributed by atoms with Gasteiger partial charge in [0.05, 0.1) is 5.56 Å². The van der Waals surface area contributed by atoms with Crippen LogP contribution in [-0.4, -0.2) is 47.0 Å². The molecule has 1 aliphatic rings. The Labute approximate surface area is 270 Å². The number of unbranched alkanes of at least 4 members (excludes halogenated alkanes) is 1. The summed E-state index contributed by atoms with van der Waals surface area (Å²) >= 11 is 6.11. The number of nitrogens with two attached hydrogens (primary N) is 1. The van der Waals surface area contributed by atoms with Crippen LogP contribution in [0.15, 0.2) is 66.7 Å². The van der Waals surface area contributed by atoms with E-state index in [0.717, 1.165) is 34.9 Å². The highest BCUT2D eigenvalue weighted by Crippen LogP contribution is 2.30. The van der Waals surface area contributed by atoms with Crippen molar-refractivity contribution < 1.29 is 32.3 Å². The first kappa shape index (κ1) is 34.6. The van der Waals surface area contributed by atoms with Crippen molar-refractivity contribution in [1.29, 1.82) is 0 Å². The molecule has 0 fully saturated rings. The van der Waals surface area contributed by atoms with Gasteiger partial charge in [0.1, 0.15) is 12.1 Å². The van der Waals surface area contributed by atoms with Gasteiger partial charge < -0.3 is 21.3 Å². The van der Waals surface area contributed by atoms with E-state index in [1.165, 1.54) is 11.0 Å². The highest BCUT2D eigenvalue weighted by Gasteiger charge is 2.36. The maximum Gasteiger partial charge on any atom is 0.416 e. The van der Waals surface area contributed by atoms with Crippen LogP contribution in [-0.2, 0) is 33.5 Å². The highest BCUT2D eigenvalue weighted by molar-refractivity contribution is 6.31. The van der Waals surface area contributed by atoms with Crippen LogP contribution in [0.5, 0.6) is 0 Å². The molecule has 1 aliphatic heterocycles. The molecule has 4 N–H and O–H groups in total. The van der Waals surface area contributed by atoms with Crippen LogP contribution in [0.1, 0.15) is 64.7 Å². The molecule has 244 valence electrons. The van der Waals surface area contributed by atoms with Gasteiger partial charge in [0, 0.05) is 42.1 Å². The van der Waals surface area contributed by atoms with E-state index in [9.17, 15) is 32.3 Å². The lowest BCUT2D eigenvalue weighted by Gasteiger charge is -2.37. The minimum Gasteiger partial charge on any atom is -0.342 e. The van der Waals surface area contributed by atoms with Crippen LogP contribution in [0.3, 0.4) is 0 Å². The van der Waals surface area contributed by atoms with E-state index in [1.807, 2.05) is 24.3 Å². The number of hydrogen-bond acceptors (Lipinski definition) is 5. The van der Waals surface area contributed by atoms with Crippen LogP contribution in [0.4, 0.5) is 18.9 Å². The lowest BCUT2D eigenvalue weighted by molar-refractivity contribution is -0.142. The fourth-order valence-corrected chi connectivity index (χ4v) is 5.50. The number of nitrogens with one attached hydrogen (secondary N) is 2. The molecule has 0 aliphatic carbocycles. The molecule has 0 aromatic heterocycles. The first-order chi connectivity index (χ1) is 21.9. The molecule has 4 rings (SSSR count). The van der Waals surface area contributed by atoms with Crippen molar-refractivity contribution in [3.8, 4) is 0 Å².